The molecule has 0 bridgehead atoms. The van der Waals surface area contributed by atoms with Crippen molar-refractivity contribution in [3.63, 3.8) is 0 Å². The Kier molecular flexibility index (Phi) is 4.02. The van der Waals surface area contributed by atoms with Crippen LogP contribution in [0.1, 0.15) is 11.4 Å². The molecule has 0 fully saturated rings. The second-order valence-electron chi connectivity index (χ2n) is 6.87. The number of para-hydroxylation sites is 3. The van der Waals surface area contributed by atoms with Crippen molar-refractivity contribution in [1.29, 1.82) is 10.5 Å². The Morgan fingerprint density at radius 1 is 0.903 bits per heavy atom. The van der Waals surface area contributed by atoms with Gasteiger partial charge in [-0.25, -0.2) is 19.6 Å². The van der Waals surface area contributed by atoms with Crippen molar-refractivity contribution in [1.82, 2.24) is 24.2 Å². The van der Waals surface area contributed by atoms with Crippen LogP contribution in [0.3, 0.4) is 0 Å². The zero-order valence-corrected chi connectivity index (χ0v) is 16.4. The van der Waals surface area contributed by atoms with E-state index < -0.39 is 0 Å². The highest BCUT2D eigenvalue weighted by molar-refractivity contribution is 5.99. The molecule has 0 atom stereocenters. The number of aryl methyl sites for hydroxylation is 1. The van der Waals surface area contributed by atoms with Crippen molar-refractivity contribution in [3.05, 3.63) is 66.0 Å². The average molecular weight is 405 g/mol. The Morgan fingerprint density at radius 3 is 2.29 bits per heavy atom. The van der Waals surface area contributed by atoms with Crippen LogP contribution in [-0.4, -0.2) is 24.2 Å². The summed E-state index contributed by atoms with van der Waals surface area (Å²) >= 11 is 0. The van der Waals surface area contributed by atoms with E-state index in [1.807, 2.05) is 78.4 Å². The number of benzene rings is 2. The molecule has 31 heavy (non-hydrogen) atoms. The van der Waals surface area contributed by atoms with Crippen LogP contribution in [-0.2, 0) is 7.05 Å². The number of aromatic nitrogens is 5. The Balaban J connectivity index is 1.86. The molecule has 9 heteroatoms. The van der Waals surface area contributed by atoms with E-state index in [-0.39, 0.29) is 11.4 Å². The van der Waals surface area contributed by atoms with Crippen molar-refractivity contribution in [2.24, 2.45) is 7.05 Å². The molecule has 3 N–H and O–H groups in total. The first kappa shape index (κ1) is 18.2. The molecule has 0 spiro atoms. The number of hydrogen-bond donors (Lipinski definition) is 2. The van der Waals surface area contributed by atoms with Crippen LogP contribution in [0, 0.1) is 22.7 Å². The molecule has 0 unspecified atom stereocenters. The van der Waals surface area contributed by atoms with Crippen LogP contribution in [0.25, 0.3) is 33.6 Å². The number of anilines is 2. The number of nitrogens with one attached hydrogen (secondary N) is 1. The van der Waals surface area contributed by atoms with Crippen molar-refractivity contribution < 1.29 is 0 Å². The minimum absolute atomic E-state index is 0.0631. The van der Waals surface area contributed by atoms with Gasteiger partial charge in [-0.2, -0.15) is 10.5 Å². The maximum absolute atomic E-state index is 9.47. The highest BCUT2D eigenvalue weighted by Crippen LogP contribution is 2.36. The van der Waals surface area contributed by atoms with E-state index in [1.165, 1.54) is 0 Å². The minimum Gasteiger partial charge on any atom is -0.383 e. The van der Waals surface area contributed by atoms with Gasteiger partial charge in [0.2, 0.25) is 0 Å². The number of rotatable bonds is 3. The molecule has 0 aliphatic rings. The topological polar surface area (TPSA) is 134 Å². The molecule has 0 saturated carbocycles. The second kappa shape index (κ2) is 6.87. The first-order chi connectivity index (χ1) is 15.1. The number of nitrogens with zero attached hydrogens (tertiary/aromatic N) is 7. The molecular formula is C22H15N9. The quantitative estimate of drug-likeness (QED) is 0.471. The van der Waals surface area contributed by atoms with E-state index in [9.17, 15) is 10.5 Å². The summed E-state index contributed by atoms with van der Waals surface area (Å²) in [7, 11) is 1.89. The van der Waals surface area contributed by atoms with Gasteiger partial charge >= 0.3 is 0 Å². The monoisotopic (exact) mass is 405 g/mol. The third-order valence-corrected chi connectivity index (χ3v) is 5.06. The highest BCUT2D eigenvalue weighted by atomic mass is 15.5. The van der Waals surface area contributed by atoms with Gasteiger partial charge in [-0.05, 0) is 24.3 Å². The number of hydrogen-bond acceptors (Lipinski definition) is 7. The van der Waals surface area contributed by atoms with E-state index in [0.29, 0.717) is 28.4 Å². The Bertz CT molecular complexity index is 1550. The summed E-state index contributed by atoms with van der Waals surface area (Å²) in [6, 6.07) is 21.0. The Hall–Kier alpha value is -4.89. The zero-order chi connectivity index (χ0) is 21.5. The molecule has 0 amide bonds. The van der Waals surface area contributed by atoms with Crippen LogP contribution in [0.15, 0.2) is 54.6 Å². The molecule has 0 saturated heterocycles. The van der Waals surface area contributed by atoms with Crippen LogP contribution in [0.5, 0.6) is 0 Å². The average Bonchev–Trinajstić information content (AvgIpc) is 3.27. The second-order valence-corrected chi connectivity index (χ2v) is 6.87. The van der Waals surface area contributed by atoms with Gasteiger partial charge in [0.25, 0.3) is 0 Å². The lowest BCUT2D eigenvalue weighted by Gasteiger charge is -2.11. The van der Waals surface area contributed by atoms with Crippen LogP contribution < -0.4 is 11.2 Å². The molecule has 5 rings (SSSR count). The summed E-state index contributed by atoms with van der Waals surface area (Å²) in [5.41, 5.74) is 13.4. The fourth-order valence-electron chi connectivity index (χ4n) is 3.60. The molecule has 9 nitrogen and oxygen atoms in total. The fourth-order valence-corrected chi connectivity index (χ4v) is 3.60. The first-order valence-corrected chi connectivity index (χ1v) is 9.38. The molecule has 0 aliphatic heterocycles. The van der Waals surface area contributed by atoms with Crippen molar-refractivity contribution in [2.75, 3.05) is 11.2 Å². The predicted molar refractivity (Wildman–Crippen MR) is 117 cm³/mol. The summed E-state index contributed by atoms with van der Waals surface area (Å²) in [4.78, 5) is 13.6. The van der Waals surface area contributed by atoms with Gasteiger partial charge in [-0.15, -0.1) is 0 Å². The number of nitrogens with two attached hydrogens (primary N) is 1. The maximum atomic E-state index is 9.47. The minimum atomic E-state index is -0.0693. The normalized spacial score (nSPS) is 10.8. The van der Waals surface area contributed by atoms with E-state index in [4.69, 9.17) is 10.7 Å². The van der Waals surface area contributed by atoms with E-state index in [1.54, 1.807) is 4.68 Å². The number of fused-ring (bicyclic) bond motifs is 2. The summed E-state index contributed by atoms with van der Waals surface area (Å²) in [6.07, 6.45) is 0. The van der Waals surface area contributed by atoms with E-state index in [2.05, 4.69) is 15.4 Å². The molecule has 2 aromatic carbocycles. The van der Waals surface area contributed by atoms with Gasteiger partial charge in [-0.3, -0.25) is 5.43 Å². The van der Waals surface area contributed by atoms with Crippen molar-refractivity contribution in [2.45, 2.75) is 0 Å². The number of nitriles is 2. The largest absolute Gasteiger partial charge is 0.383 e. The summed E-state index contributed by atoms with van der Waals surface area (Å²) in [6.45, 7) is 0. The Labute approximate surface area is 176 Å². The van der Waals surface area contributed by atoms with Gasteiger partial charge < -0.3 is 10.3 Å². The lowest BCUT2D eigenvalue weighted by Crippen LogP contribution is -2.13. The third-order valence-electron chi connectivity index (χ3n) is 5.06. The highest BCUT2D eigenvalue weighted by Gasteiger charge is 2.25. The van der Waals surface area contributed by atoms with Gasteiger partial charge in [-0.1, -0.05) is 30.3 Å². The van der Waals surface area contributed by atoms with Crippen molar-refractivity contribution >= 4 is 33.7 Å². The van der Waals surface area contributed by atoms with Crippen LogP contribution in [0.4, 0.5) is 11.5 Å². The van der Waals surface area contributed by atoms with Crippen LogP contribution >= 0.6 is 0 Å². The van der Waals surface area contributed by atoms with Crippen molar-refractivity contribution in [3.8, 4) is 23.5 Å². The lowest BCUT2D eigenvalue weighted by atomic mass is 10.2. The van der Waals surface area contributed by atoms with Gasteiger partial charge in [0, 0.05) is 7.05 Å². The van der Waals surface area contributed by atoms with E-state index in [0.717, 1.165) is 16.7 Å². The third kappa shape index (κ3) is 2.73. The molecular weight excluding hydrogens is 390 g/mol. The Morgan fingerprint density at radius 2 is 1.58 bits per heavy atom. The lowest BCUT2D eigenvalue weighted by molar-refractivity contribution is 0.956. The predicted octanol–water partition coefficient (Wildman–Crippen LogP) is 3.19. The zero-order valence-electron chi connectivity index (χ0n) is 16.4. The van der Waals surface area contributed by atoms with Gasteiger partial charge in [0.15, 0.2) is 17.0 Å². The van der Waals surface area contributed by atoms with E-state index >= 15 is 0 Å². The maximum Gasteiger partial charge on any atom is 0.181 e. The SMILES string of the molecule is Cn1c(-c2c(N)n(Nc3ccccc3)c3nc(C#N)c(C#N)nc23)nc2ccccc21. The van der Waals surface area contributed by atoms with Gasteiger partial charge in [0.05, 0.1) is 22.3 Å². The van der Waals surface area contributed by atoms with Gasteiger partial charge in [0.1, 0.15) is 29.3 Å². The molecule has 3 heterocycles. The molecule has 0 radical (unpaired) electrons. The molecule has 5 aromatic rings. The summed E-state index contributed by atoms with van der Waals surface area (Å²) in [5, 5.41) is 18.9. The van der Waals surface area contributed by atoms with Crippen LogP contribution in [0.2, 0.25) is 0 Å². The summed E-state index contributed by atoms with van der Waals surface area (Å²) in [5.74, 6) is 0.899. The summed E-state index contributed by atoms with van der Waals surface area (Å²) < 4.78 is 3.48. The smallest absolute Gasteiger partial charge is 0.181 e. The first-order valence-electron chi connectivity index (χ1n) is 9.38. The number of nitrogen functional groups attached to an aromatic ring is 1. The number of imidazole rings is 1. The fraction of sp³-hybridized carbons (Fsp3) is 0.0455. The molecule has 3 aromatic heterocycles. The standard InChI is InChI=1S/C22H15N9/c1-30-17-10-6-5-9-14(17)27-21(30)18-19-22(28-16(12-24)15(11-23)26-19)31(20(18)25)29-13-7-3-2-4-8-13/h2-10,29H,25H2,1H3. The molecule has 0 aliphatic carbocycles. The molecule has 148 valence electrons.